The third kappa shape index (κ3) is 5.08. The Morgan fingerprint density at radius 3 is 2.45 bits per heavy atom. The zero-order valence-electron chi connectivity index (χ0n) is 15.9. The molecular formula is C22H15F3N4O2. The van der Waals surface area contributed by atoms with Gasteiger partial charge in [-0.05, 0) is 60.0 Å². The number of nitrogens with zero attached hydrogens (tertiary/aromatic N) is 2. The Morgan fingerprint density at radius 2 is 1.68 bits per heavy atom. The number of carbonyl (C=O) groups excluding carboxylic acids is 1. The Bertz CT molecular complexity index is 1230. The minimum Gasteiger partial charge on any atom is -0.406 e. The van der Waals surface area contributed by atoms with Crippen LogP contribution in [0.1, 0.15) is 10.4 Å². The summed E-state index contributed by atoms with van der Waals surface area (Å²) in [4.78, 5) is 21.1. The van der Waals surface area contributed by atoms with Gasteiger partial charge < -0.3 is 15.4 Å². The van der Waals surface area contributed by atoms with Gasteiger partial charge in [0.15, 0.2) is 0 Å². The molecule has 31 heavy (non-hydrogen) atoms. The Kier molecular flexibility index (Phi) is 5.40. The molecule has 2 N–H and O–H groups in total. The maximum absolute atomic E-state index is 12.7. The first-order valence-corrected chi connectivity index (χ1v) is 9.10. The Labute approximate surface area is 174 Å². The van der Waals surface area contributed by atoms with Crippen molar-refractivity contribution in [1.29, 1.82) is 0 Å². The van der Waals surface area contributed by atoms with Crippen LogP contribution in [0.3, 0.4) is 0 Å². The summed E-state index contributed by atoms with van der Waals surface area (Å²) in [5.41, 5.74) is 1.30. The van der Waals surface area contributed by atoms with Gasteiger partial charge in [-0.15, -0.1) is 13.2 Å². The minimum absolute atomic E-state index is 0.268. The van der Waals surface area contributed by atoms with Gasteiger partial charge in [0.05, 0.1) is 5.56 Å². The second kappa shape index (κ2) is 8.31. The van der Waals surface area contributed by atoms with Crippen LogP contribution in [0.5, 0.6) is 5.75 Å². The summed E-state index contributed by atoms with van der Waals surface area (Å²) in [6.07, 6.45) is 0.210. The monoisotopic (exact) mass is 424 g/mol. The van der Waals surface area contributed by atoms with Gasteiger partial charge in [-0.25, -0.2) is 4.98 Å². The number of hydrogen-bond donors (Lipinski definition) is 2. The highest BCUT2D eigenvalue weighted by Crippen LogP contribution is 2.26. The van der Waals surface area contributed by atoms with E-state index in [1.165, 1.54) is 12.1 Å². The van der Waals surface area contributed by atoms with Gasteiger partial charge >= 0.3 is 6.36 Å². The van der Waals surface area contributed by atoms with Gasteiger partial charge in [-0.1, -0.05) is 6.07 Å². The number of ether oxygens (including phenoxy) is 1. The maximum Gasteiger partial charge on any atom is 0.573 e. The van der Waals surface area contributed by atoms with E-state index in [0.29, 0.717) is 11.5 Å². The quantitative estimate of drug-likeness (QED) is 0.441. The van der Waals surface area contributed by atoms with Crippen molar-refractivity contribution in [2.75, 3.05) is 10.6 Å². The summed E-state index contributed by atoms with van der Waals surface area (Å²) in [6, 6.07) is 15.6. The average molecular weight is 424 g/mol. The van der Waals surface area contributed by atoms with Gasteiger partial charge in [0, 0.05) is 35.4 Å². The Hall–Kier alpha value is -4.14. The van der Waals surface area contributed by atoms with Crippen molar-refractivity contribution in [3.8, 4) is 5.75 Å². The van der Waals surface area contributed by atoms with Gasteiger partial charge in [0.1, 0.15) is 11.6 Å². The molecule has 0 aliphatic rings. The lowest BCUT2D eigenvalue weighted by atomic mass is 10.1. The second-order valence-electron chi connectivity index (χ2n) is 6.49. The molecule has 2 aromatic heterocycles. The number of alkyl halides is 3. The number of amides is 1. The summed E-state index contributed by atoms with van der Waals surface area (Å²) >= 11 is 0. The number of halogens is 3. The molecule has 0 aliphatic carbocycles. The van der Waals surface area contributed by atoms with E-state index in [-0.39, 0.29) is 11.3 Å². The molecule has 4 aromatic rings. The van der Waals surface area contributed by atoms with Crippen LogP contribution in [0.4, 0.5) is 30.4 Å². The lowest BCUT2D eigenvalue weighted by molar-refractivity contribution is -0.274. The van der Waals surface area contributed by atoms with E-state index in [4.69, 9.17) is 0 Å². The largest absolute Gasteiger partial charge is 0.573 e. The summed E-state index contributed by atoms with van der Waals surface area (Å²) in [5.74, 6) is -0.511. The van der Waals surface area contributed by atoms with Crippen molar-refractivity contribution in [2.24, 2.45) is 0 Å². The molecule has 0 saturated heterocycles. The van der Waals surface area contributed by atoms with Crippen molar-refractivity contribution in [1.82, 2.24) is 9.97 Å². The van der Waals surface area contributed by atoms with Crippen LogP contribution < -0.4 is 15.4 Å². The average Bonchev–Trinajstić information content (AvgIpc) is 2.74. The van der Waals surface area contributed by atoms with E-state index in [1.807, 2.05) is 24.3 Å². The number of carbonyl (C=O) groups is 1. The number of nitrogens with one attached hydrogen (secondary N) is 2. The molecule has 2 heterocycles. The summed E-state index contributed by atoms with van der Waals surface area (Å²) < 4.78 is 40.6. The van der Waals surface area contributed by atoms with Crippen LogP contribution in [0.2, 0.25) is 0 Å². The van der Waals surface area contributed by atoms with E-state index < -0.39 is 12.3 Å². The maximum atomic E-state index is 12.7. The Balaban J connectivity index is 1.51. The second-order valence-corrected chi connectivity index (χ2v) is 6.49. The number of aromatic nitrogens is 2. The molecule has 0 aliphatic heterocycles. The van der Waals surface area contributed by atoms with Crippen LogP contribution in [-0.2, 0) is 0 Å². The number of hydrogen-bond acceptors (Lipinski definition) is 5. The lowest BCUT2D eigenvalue weighted by Crippen LogP contribution is -2.17. The molecule has 2 aromatic carbocycles. The molecule has 1 amide bonds. The van der Waals surface area contributed by atoms with Crippen LogP contribution in [0, 0.1) is 0 Å². The van der Waals surface area contributed by atoms with Crippen molar-refractivity contribution >= 4 is 33.9 Å². The number of anilines is 3. The normalized spacial score (nSPS) is 11.2. The lowest BCUT2D eigenvalue weighted by Gasteiger charge is -2.12. The predicted octanol–water partition coefficient (Wildman–Crippen LogP) is 5.52. The molecular weight excluding hydrogens is 409 g/mol. The highest BCUT2D eigenvalue weighted by atomic mass is 19.4. The van der Waals surface area contributed by atoms with Gasteiger partial charge in [-0.2, -0.15) is 0 Å². The molecule has 0 radical (unpaired) electrons. The van der Waals surface area contributed by atoms with Gasteiger partial charge in [0.2, 0.25) is 0 Å². The molecule has 0 fully saturated rings. The summed E-state index contributed by atoms with van der Waals surface area (Å²) in [6.45, 7) is 0. The molecule has 9 heteroatoms. The highest BCUT2D eigenvalue weighted by Gasteiger charge is 2.31. The van der Waals surface area contributed by atoms with Crippen molar-refractivity contribution in [3.05, 3.63) is 84.8 Å². The zero-order chi connectivity index (χ0) is 21.8. The first kappa shape index (κ1) is 20.1. The van der Waals surface area contributed by atoms with Crippen molar-refractivity contribution < 1.29 is 22.7 Å². The first-order valence-electron chi connectivity index (χ1n) is 9.10. The molecule has 6 nitrogen and oxygen atoms in total. The van der Waals surface area contributed by atoms with E-state index in [9.17, 15) is 18.0 Å². The van der Waals surface area contributed by atoms with E-state index in [1.54, 1.807) is 30.7 Å². The topological polar surface area (TPSA) is 76.1 Å². The molecule has 0 atom stereocenters. The van der Waals surface area contributed by atoms with E-state index in [0.717, 1.165) is 28.6 Å². The Morgan fingerprint density at radius 1 is 0.903 bits per heavy atom. The molecule has 0 spiro atoms. The fourth-order valence-electron chi connectivity index (χ4n) is 2.93. The first-order chi connectivity index (χ1) is 14.9. The van der Waals surface area contributed by atoms with Crippen LogP contribution in [0.15, 0.2) is 79.3 Å². The number of pyridine rings is 2. The molecule has 0 unspecified atom stereocenters. The SMILES string of the molecule is O=C(Nc1ccc(OC(F)(F)F)cc1)c1cccnc1Nc1ccc2ccncc2c1. The van der Waals surface area contributed by atoms with E-state index >= 15 is 0 Å². The number of benzene rings is 2. The van der Waals surface area contributed by atoms with Crippen molar-refractivity contribution in [3.63, 3.8) is 0 Å². The molecule has 0 bridgehead atoms. The molecule has 4 rings (SSSR count). The van der Waals surface area contributed by atoms with Crippen molar-refractivity contribution in [2.45, 2.75) is 6.36 Å². The predicted molar refractivity (Wildman–Crippen MR) is 110 cm³/mol. The third-order valence-electron chi connectivity index (χ3n) is 4.30. The fraction of sp³-hybridized carbons (Fsp3) is 0.0455. The van der Waals surface area contributed by atoms with Crippen LogP contribution >= 0.6 is 0 Å². The van der Waals surface area contributed by atoms with Crippen LogP contribution in [0.25, 0.3) is 10.8 Å². The number of rotatable bonds is 5. The van der Waals surface area contributed by atoms with Gasteiger partial charge in [-0.3, -0.25) is 9.78 Å². The summed E-state index contributed by atoms with van der Waals surface area (Å²) in [5, 5.41) is 7.71. The highest BCUT2D eigenvalue weighted by molar-refractivity contribution is 6.07. The third-order valence-corrected chi connectivity index (χ3v) is 4.30. The fourth-order valence-corrected chi connectivity index (χ4v) is 2.93. The zero-order valence-corrected chi connectivity index (χ0v) is 15.9. The van der Waals surface area contributed by atoms with E-state index in [2.05, 4.69) is 25.3 Å². The molecule has 156 valence electrons. The summed E-state index contributed by atoms with van der Waals surface area (Å²) in [7, 11) is 0. The molecule has 0 saturated carbocycles. The van der Waals surface area contributed by atoms with Crippen LogP contribution in [-0.4, -0.2) is 22.2 Å². The standard InChI is InChI=1S/C22H15F3N4O2/c23-22(24,25)31-18-7-5-16(6-8-18)29-21(30)19-2-1-10-27-20(19)28-17-4-3-14-9-11-26-13-15(14)12-17/h1-13H,(H,27,28)(H,29,30). The smallest absolute Gasteiger partial charge is 0.406 e. The minimum atomic E-state index is -4.78. The van der Waals surface area contributed by atoms with Gasteiger partial charge in [0.25, 0.3) is 5.91 Å². The number of fused-ring (bicyclic) bond motifs is 1.